The van der Waals surface area contributed by atoms with Gasteiger partial charge >= 0.3 is 0 Å². The van der Waals surface area contributed by atoms with Crippen molar-refractivity contribution in [2.24, 2.45) is 0 Å². The van der Waals surface area contributed by atoms with Gasteiger partial charge in [0.25, 0.3) is 0 Å². The van der Waals surface area contributed by atoms with Gasteiger partial charge in [0.15, 0.2) is 0 Å². The normalized spacial score (nSPS) is 10.5. The van der Waals surface area contributed by atoms with Crippen molar-refractivity contribution in [1.82, 2.24) is 0 Å². The summed E-state index contributed by atoms with van der Waals surface area (Å²) in [5, 5.41) is 0. The maximum atomic E-state index is 5.93. The van der Waals surface area contributed by atoms with Crippen LogP contribution in [0.4, 0.5) is 0 Å². The van der Waals surface area contributed by atoms with Crippen molar-refractivity contribution < 1.29 is 18.9 Å². The fourth-order valence-electron chi connectivity index (χ4n) is 4.49. The molecule has 0 saturated heterocycles. The minimum Gasteiger partial charge on any atom is -0.457 e. The van der Waals surface area contributed by atoms with Crippen LogP contribution >= 0.6 is 63.7 Å². The molecule has 6 aromatic rings. The van der Waals surface area contributed by atoms with E-state index < -0.39 is 0 Å². The van der Waals surface area contributed by atoms with Crippen molar-refractivity contribution >= 4 is 63.7 Å². The van der Waals surface area contributed by atoms with Gasteiger partial charge in [-0.05, 0) is 171 Å². The Morgan fingerprint density at radius 3 is 0.938 bits per heavy atom. The van der Waals surface area contributed by atoms with Crippen molar-refractivity contribution in [2.75, 3.05) is 0 Å². The van der Waals surface area contributed by atoms with Gasteiger partial charge in [-0.25, -0.2) is 0 Å². The van der Waals surface area contributed by atoms with Crippen LogP contribution in [0.5, 0.6) is 46.0 Å². The first-order chi connectivity index (χ1) is 23.0. The molecule has 0 saturated carbocycles. The summed E-state index contributed by atoms with van der Waals surface area (Å²) in [6, 6.07) is 39.0. The molecular formula is C40H32Br4O4. The first-order valence-corrected chi connectivity index (χ1v) is 18.2. The molecule has 0 atom stereocenters. The van der Waals surface area contributed by atoms with E-state index in [0.717, 1.165) is 86.1 Å². The summed E-state index contributed by atoms with van der Waals surface area (Å²) in [4.78, 5) is 0. The van der Waals surface area contributed by atoms with Gasteiger partial charge in [0.1, 0.15) is 46.0 Å². The molecule has 6 rings (SSSR count). The molecule has 0 radical (unpaired) electrons. The van der Waals surface area contributed by atoms with Gasteiger partial charge in [0, 0.05) is 17.9 Å². The molecule has 6 aromatic carbocycles. The molecule has 4 nitrogen and oxygen atoms in total. The summed E-state index contributed by atoms with van der Waals surface area (Å²) in [7, 11) is 0. The van der Waals surface area contributed by atoms with Crippen LogP contribution in [-0.2, 0) is 0 Å². The van der Waals surface area contributed by atoms with Gasteiger partial charge < -0.3 is 18.9 Å². The Morgan fingerprint density at radius 2 is 0.625 bits per heavy atom. The summed E-state index contributed by atoms with van der Waals surface area (Å²) >= 11 is 13.9. The van der Waals surface area contributed by atoms with Crippen molar-refractivity contribution in [1.29, 1.82) is 0 Å². The van der Waals surface area contributed by atoms with Gasteiger partial charge in [-0.2, -0.15) is 0 Å². The van der Waals surface area contributed by atoms with Crippen LogP contribution < -0.4 is 18.9 Å². The smallest absolute Gasteiger partial charge is 0.130 e. The highest BCUT2D eigenvalue weighted by Gasteiger charge is 2.06. The third kappa shape index (κ3) is 10.2. The van der Waals surface area contributed by atoms with Gasteiger partial charge in [-0.15, -0.1) is 0 Å². The van der Waals surface area contributed by atoms with E-state index in [1.165, 1.54) is 0 Å². The first-order valence-electron chi connectivity index (χ1n) is 15.0. The molecule has 8 heteroatoms. The Kier molecular flexibility index (Phi) is 12.4. The van der Waals surface area contributed by atoms with Crippen LogP contribution in [0.25, 0.3) is 0 Å². The van der Waals surface area contributed by atoms with Gasteiger partial charge in [0.2, 0.25) is 0 Å². The topological polar surface area (TPSA) is 36.9 Å². The van der Waals surface area contributed by atoms with Gasteiger partial charge in [-0.3, -0.25) is 0 Å². The highest BCUT2D eigenvalue weighted by Crippen LogP contribution is 2.33. The van der Waals surface area contributed by atoms with E-state index in [1.54, 1.807) is 0 Å². The van der Waals surface area contributed by atoms with E-state index in [-0.39, 0.29) is 0 Å². The zero-order valence-corrected chi connectivity index (χ0v) is 33.0. The minimum atomic E-state index is 0.774. The van der Waals surface area contributed by atoms with Gasteiger partial charge in [-0.1, -0.05) is 63.7 Å². The predicted molar refractivity (Wildman–Crippen MR) is 209 cm³/mol. The van der Waals surface area contributed by atoms with E-state index in [0.29, 0.717) is 0 Å². The van der Waals surface area contributed by atoms with Crippen LogP contribution in [0.1, 0.15) is 22.3 Å². The number of ether oxygens (including phenoxy) is 4. The number of halogens is 4. The number of hydrogen-bond donors (Lipinski definition) is 0. The van der Waals surface area contributed by atoms with E-state index >= 15 is 0 Å². The molecule has 0 bridgehead atoms. The standard InChI is InChI=1S/2C20H16Br2O2/c1-13-11-15(21)3-9-19(13)23-17-5-7-18(8-6-17)24-20-10-4-16(22)12-14(20)2;1-13-11-17(7-9-19(13)21)23-15-3-5-16(6-4-15)24-18-8-10-20(22)14(2)12-18/h2*3-12H,1-2H3. The lowest BCUT2D eigenvalue weighted by atomic mass is 10.2. The van der Waals surface area contributed by atoms with Crippen LogP contribution in [-0.4, -0.2) is 0 Å². The molecule has 0 aliphatic rings. The molecule has 0 aliphatic heterocycles. The van der Waals surface area contributed by atoms with Crippen LogP contribution in [0.2, 0.25) is 0 Å². The molecule has 0 heterocycles. The maximum absolute atomic E-state index is 5.93. The second-order valence-corrected chi connectivity index (χ2v) is 14.5. The zero-order chi connectivity index (χ0) is 34.2. The predicted octanol–water partition coefficient (Wildman–Crippen LogP) is 14.8. The maximum Gasteiger partial charge on any atom is 0.130 e. The Labute approximate surface area is 315 Å². The van der Waals surface area contributed by atoms with E-state index in [2.05, 4.69) is 63.7 Å². The number of aryl methyl sites for hydroxylation is 4. The van der Waals surface area contributed by atoms with Crippen molar-refractivity contribution in [2.45, 2.75) is 27.7 Å². The third-order valence-electron chi connectivity index (χ3n) is 7.11. The van der Waals surface area contributed by atoms with Crippen LogP contribution in [0.15, 0.2) is 139 Å². The van der Waals surface area contributed by atoms with E-state index in [9.17, 15) is 0 Å². The Balaban J connectivity index is 0.000000188. The third-order valence-corrected chi connectivity index (χ3v) is 9.87. The molecular weight excluding hydrogens is 864 g/mol. The van der Waals surface area contributed by atoms with Crippen LogP contribution in [0.3, 0.4) is 0 Å². The summed E-state index contributed by atoms with van der Waals surface area (Å²) < 4.78 is 27.8. The lowest BCUT2D eigenvalue weighted by Gasteiger charge is -2.11. The first kappa shape index (κ1) is 35.7. The molecule has 0 unspecified atom stereocenters. The van der Waals surface area contributed by atoms with Crippen molar-refractivity contribution in [3.63, 3.8) is 0 Å². The summed E-state index contributed by atoms with van der Waals surface area (Å²) in [5.41, 5.74) is 4.43. The van der Waals surface area contributed by atoms with E-state index in [4.69, 9.17) is 18.9 Å². The highest BCUT2D eigenvalue weighted by molar-refractivity contribution is 9.11. The molecule has 0 spiro atoms. The average Bonchev–Trinajstić information content (AvgIpc) is 3.05. The Bertz CT molecular complexity index is 1860. The van der Waals surface area contributed by atoms with E-state index in [1.807, 2.05) is 149 Å². The molecule has 244 valence electrons. The molecule has 0 aliphatic carbocycles. The quantitative estimate of drug-likeness (QED) is 0.153. The fourth-order valence-corrected chi connectivity index (χ4v) is 5.94. The largest absolute Gasteiger partial charge is 0.457 e. The fraction of sp³-hybridized carbons (Fsp3) is 0.100. The molecule has 48 heavy (non-hydrogen) atoms. The number of rotatable bonds is 8. The molecule has 0 aromatic heterocycles. The Hall–Kier alpha value is -3.56. The lowest BCUT2D eigenvalue weighted by molar-refractivity contribution is 0.465. The average molecular weight is 896 g/mol. The van der Waals surface area contributed by atoms with Gasteiger partial charge in [0.05, 0.1) is 0 Å². The van der Waals surface area contributed by atoms with Crippen molar-refractivity contribution in [3.8, 4) is 46.0 Å². The van der Waals surface area contributed by atoms with Crippen molar-refractivity contribution in [3.05, 3.63) is 161 Å². The number of benzene rings is 6. The Morgan fingerprint density at radius 1 is 0.312 bits per heavy atom. The molecule has 0 amide bonds. The number of hydrogen-bond acceptors (Lipinski definition) is 4. The zero-order valence-electron chi connectivity index (χ0n) is 26.7. The monoisotopic (exact) mass is 892 g/mol. The summed E-state index contributed by atoms with van der Waals surface area (Å²) in [5.74, 6) is 6.42. The highest BCUT2D eigenvalue weighted by atomic mass is 79.9. The second-order valence-electron chi connectivity index (χ2n) is 11.0. The minimum absolute atomic E-state index is 0.774. The summed E-state index contributed by atoms with van der Waals surface area (Å²) in [6.07, 6.45) is 0. The summed E-state index contributed by atoms with van der Waals surface area (Å²) in [6.45, 7) is 8.12. The second kappa shape index (κ2) is 16.7. The van der Waals surface area contributed by atoms with Crippen LogP contribution in [0, 0.1) is 27.7 Å². The lowest BCUT2D eigenvalue weighted by Crippen LogP contribution is -1.89. The SMILES string of the molecule is Cc1cc(Br)ccc1Oc1ccc(Oc2ccc(Br)cc2C)cc1.Cc1cc(Oc2ccc(Oc3ccc(Br)c(C)c3)cc2)ccc1Br. The molecule has 0 N–H and O–H groups in total. The molecule has 0 fully saturated rings.